The summed E-state index contributed by atoms with van der Waals surface area (Å²) in [5, 5.41) is 23.5. The van der Waals surface area contributed by atoms with Crippen LogP contribution in [0.1, 0.15) is 26.1 Å². The average molecular weight is 407 g/mol. The van der Waals surface area contributed by atoms with Crippen LogP contribution in [0.2, 0.25) is 0 Å². The van der Waals surface area contributed by atoms with Crippen molar-refractivity contribution in [2.75, 3.05) is 6.54 Å². The van der Waals surface area contributed by atoms with Crippen LogP contribution in [0.25, 0.3) is 0 Å². The smallest absolute Gasteiger partial charge is 0.353 e. The van der Waals surface area contributed by atoms with Crippen molar-refractivity contribution in [1.29, 1.82) is 0 Å². The van der Waals surface area contributed by atoms with E-state index in [4.69, 9.17) is 0 Å². The van der Waals surface area contributed by atoms with Crippen molar-refractivity contribution in [1.82, 2.24) is 19.8 Å². The lowest BCUT2D eigenvalue weighted by Gasteiger charge is -2.46. The van der Waals surface area contributed by atoms with E-state index < -0.39 is 18.0 Å². The molecule has 1 aromatic rings. The van der Waals surface area contributed by atoms with Crippen LogP contribution in [0.15, 0.2) is 23.0 Å². The first kappa shape index (κ1) is 19.5. The highest BCUT2D eigenvalue weighted by molar-refractivity contribution is 8.03. The quantitative estimate of drug-likeness (QED) is 0.600. The fourth-order valence-electron chi connectivity index (χ4n) is 4.70. The minimum atomic E-state index is -1.06. The number of thioether (sulfide) groups is 1. The first-order chi connectivity index (χ1) is 13.3. The first-order valence-corrected chi connectivity index (χ1v) is 10.5. The highest BCUT2D eigenvalue weighted by Gasteiger charge is 2.60. The van der Waals surface area contributed by atoms with Gasteiger partial charge in [-0.15, -0.1) is 11.8 Å². The standard InChI is InChI=1S/C19H26N4O4S/c1-9-15-14(10(2)24)18(25)23(15)16(19(26)27)17(9)28-13-6-12(21-7-13)8-22-5-4-20-11(22)3/h4-5,9-10,12-15,21,24H,6-8H2,1-3H3,(H,26,27)/t9-,10-,12+,13+,14-,15-/m1/s1. The Bertz CT molecular complexity index is 836. The lowest BCUT2D eigenvalue weighted by molar-refractivity contribution is -0.163. The molecule has 0 bridgehead atoms. The number of aromatic nitrogens is 2. The molecule has 0 aliphatic carbocycles. The fourth-order valence-corrected chi connectivity index (χ4v) is 6.22. The van der Waals surface area contributed by atoms with E-state index in [1.807, 2.05) is 20.0 Å². The Morgan fingerprint density at radius 3 is 2.86 bits per heavy atom. The molecule has 28 heavy (non-hydrogen) atoms. The van der Waals surface area contributed by atoms with Gasteiger partial charge in [0, 0.05) is 47.6 Å². The van der Waals surface area contributed by atoms with Crippen LogP contribution in [0.5, 0.6) is 0 Å². The zero-order valence-corrected chi connectivity index (χ0v) is 17.0. The lowest BCUT2D eigenvalue weighted by atomic mass is 9.79. The van der Waals surface area contributed by atoms with E-state index in [1.54, 1.807) is 24.9 Å². The number of imidazole rings is 1. The third-order valence-corrected chi connectivity index (χ3v) is 7.64. The summed E-state index contributed by atoms with van der Waals surface area (Å²) in [7, 11) is 0. The van der Waals surface area contributed by atoms with Crippen LogP contribution in [0, 0.1) is 18.8 Å². The molecule has 0 aromatic carbocycles. The molecule has 2 fully saturated rings. The molecule has 0 spiro atoms. The summed E-state index contributed by atoms with van der Waals surface area (Å²) in [4.78, 5) is 30.7. The summed E-state index contributed by atoms with van der Waals surface area (Å²) in [6, 6.07) is 0.0553. The number of nitrogens with one attached hydrogen (secondary N) is 1. The molecule has 0 saturated carbocycles. The number of carboxylic acids is 1. The normalized spacial score (nSPS) is 33.2. The minimum Gasteiger partial charge on any atom is -0.477 e. The molecular weight excluding hydrogens is 380 g/mol. The molecule has 3 aliphatic heterocycles. The maximum absolute atomic E-state index is 12.4. The number of aliphatic carboxylic acids is 1. The van der Waals surface area contributed by atoms with Crippen LogP contribution < -0.4 is 5.32 Å². The number of amides is 1. The Kier molecular flexibility index (Phi) is 5.01. The Morgan fingerprint density at radius 1 is 1.50 bits per heavy atom. The number of aryl methyl sites for hydroxylation is 1. The van der Waals surface area contributed by atoms with Gasteiger partial charge in [-0.3, -0.25) is 4.79 Å². The van der Waals surface area contributed by atoms with E-state index in [-0.39, 0.29) is 28.8 Å². The molecule has 2 saturated heterocycles. The van der Waals surface area contributed by atoms with Crippen LogP contribution in [0.3, 0.4) is 0 Å². The van der Waals surface area contributed by atoms with Crippen LogP contribution >= 0.6 is 11.8 Å². The van der Waals surface area contributed by atoms with Crippen molar-refractivity contribution >= 4 is 23.6 Å². The number of rotatable bonds is 6. The lowest BCUT2D eigenvalue weighted by Crippen LogP contribution is -2.63. The predicted octanol–water partition coefficient (Wildman–Crippen LogP) is 0.809. The summed E-state index contributed by atoms with van der Waals surface area (Å²) in [5.74, 6) is -0.960. The van der Waals surface area contributed by atoms with Gasteiger partial charge in [0.1, 0.15) is 11.5 Å². The number of nitrogens with zero attached hydrogens (tertiary/aromatic N) is 3. The van der Waals surface area contributed by atoms with E-state index in [0.29, 0.717) is 6.04 Å². The SMILES string of the molecule is Cc1nccn1C[C@@H]1C[C@H](SC2=C(C(=O)O)N3C(=O)[C@H]([C@@H](C)O)[C@H]3[C@H]2C)CN1. The average Bonchev–Trinajstić information content (AvgIpc) is 3.28. The van der Waals surface area contributed by atoms with Gasteiger partial charge < -0.3 is 25.0 Å². The molecule has 3 N–H and O–H groups in total. The molecule has 6 atom stereocenters. The van der Waals surface area contributed by atoms with Crippen molar-refractivity contribution in [3.05, 3.63) is 28.8 Å². The van der Waals surface area contributed by atoms with Gasteiger partial charge in [0.15, 0.2) is 0 Å². The molecular formula is C19H26N4O4S. The summed E-state index contributed by atoms with van der Waals surface area (Å²) < 4.78 is 2.11. The van der Waals surface area contributed by atoms with E-state index in [2.05, 4.69) is 14.9 Å². The van der Waals surface area contributed by atoms with Crippen molar-refractivity contribution < 1.29 is 19.8 Å². The third kappa shape index (κ3) is 3.05. The topological polar surface area (TPSA) is 108 Å². The molecule has 3 aliphatic rings. The number of hydrogen-bond donors (Lipinski definition) is 3. The molecule has 152 valence electrons. The molecule has 4 heterocycles. The molecule has 4 rings (SSSR count). The summed E-state index contributed by atoms with van der Waals surface area (Å²) in [6.07, 6.45) is 3.91. The van der Waals surface area contributed by atoms with E-state index >= 15 is 0 Å². The van der Waals surface area contributed by atoms with Gasteiger partial charge in [-0.25, -0.2) is 9.78 Å². The second kappa shape index (κ2) is 7.20. The van der Waals surface area contributed by atoms with Crippen LogP contribution in [-0.4, -0.2) is 66.5 Å². The van der Waals surface area contributed by atoms with Crippen molar-refractivity contribution in [2.24, 2.45) is 11.8 Å². The van der Waals surface area contributed by atoms with Gasteiger partial charge in [-0.05, 0) is 20.3 Å². The van der Waals surface area contributed by atoms with Crippen molar-refractivity contribution in [3.8, 4) is 0 Å². The summed E-state index contributed by atoms with van der Waals surface area (Å²) in [5.41, 5.74) is 0.110. The maximum atomic E-state index is 12.4. The zero-order chi connectivity index (χ0) is 20.2. The van der Waals surface area contributed by atoms with E-state index in [0.717, 1.165) is 30.2 Å². The number of carbonyl (C=O) groups is 2. The first-order valence-electron chi connectivity index (χ1n) is 9.66. The Labute approximate surface area is 168 Å². The molecule has 8 nitrogen and oxygen atoms in total. The maximum Gasteiger partial charge on any atom is 0.353 e. The monoisotopic (exact) mass is 406 g/mol. The molecule has 0 radical (unpaired) electrons. The summed E-state index contributed by atoms with van der Waals surface area (Å²) in [6.45, 7) is 7.17. The van der Waals surface area contributed by atoms with Gasteiger partial charge in [-0.2, -0.15) is 0 Å². The van der Waals surface area contributed by atoms with E-state index in [1.165, 1.54) is 4.90 Å². The highest BCUT2D eigenvalue weighted by atomic mass is 32.2. The second-order valence-electron chi connectivity index (χ2n) is 7.98. The number of fused-ring (bicyclic) bond motifs is 1. The zero-order valence-electron chi connectivity index (χ0n) is 16.2. The van der Waals surface area contributed by atoms with Crippen molar-refractivity contribution in [3.63, 3.8) is 0 Å². The fraction of sp³-hybridized carbons (Fsp3) is 0.632. The third-order valence-electron chi connectivity index (χ3n) is 6.13. The highest BCUT2D eigenvalue weighted by Crippen LogP contribution is 2.51. The minimum absolute atomic E-state index is 0.0802. The van der Waals surface area contributed by atoms with E-state index in [9.17, 15) is 19.8 Å². The largest absolute Gasteiger partial charge is 0.477 e. The van der Waals surface area contributed by atoms with Crippen LogP contribution in [0.4, 0.5) is 0 Å². The number of β-lactam (4-membered cyclic amide) rings is 1. The number of aliphatic hydroxyl groups is 1. The Morgan fingerprint density at radius 2 is 2.25 bits per heavy atom. The number of aliphatic hydroxyl groups excluding tert-OH is 1. The van der Waals surface area contributed by atoms with Crippen LogP contribution in [-0.2, 0) is 16.1 Å². The number of hydrogen-bond acceptors (Lipinski definition) is 6. The van der Waals surface area contributed by atoms with Gasteiger partial charge in [0.25, 0.3) is 0 Å². The Hall–Kier alpha value is -1.84. The van der Waals surface area contributed by atoms with Gasteiger partial charge in [-0.1, -0.05) is 6.92 Å². The molecule has 0 unspecified atom stereocenters. The predicted molar refractivity (Wildman–Crippen MR) is 104 cm³/mol. The summed E-state index contributed by atoms with van der Waals surface area (Å²) >= 11 is 1.58. The number of carbonyl (C=O) groups excluding carboxylic acids is 1. The number of carboxylic acid groups (broad SMARTS) is 1. The molecule has 9 heteroatoms. The molecule has 1 aromatic heterocycles. The van der Waals surface area contributed by atoms with Gasteiger partial charge in [0.05, 0.1) is 18.1 Å². The second-order valence-corrected chi connectivity index (χ2v) is 9.32. The molecule has 1 amide bonds. The van der Waals surface area contributed by atoms with Gasteiger partial charge in [0.2, 0.25) is 5.91 Å². The Balaban J connectivity index is 1.47. The van der Waals surface area contributed by atoms with Gasteiger partial charge >= 0.3 is 5.97 Å². The van der Waals surface area contributed by atoms with Crippen molar-refractivity contribution in [2.45, 2.75) is 57.2 Å².